The first kappa shape index (κ1) is 15.9. The minimum atomic E-state index is -0.317. The van der Waals surface area contributed by atoms with E-state index in [-0.39, 0.29) is 24.1 Å². The quantitative estimate of drug-likeness (QED) is 0.542. The second-order valence-electron chi connectivity index (χ2n) is 4.66. The highest BCUT2D eigenvalue weighted by Crippen LogP contribution is 2.05. The van der Waals surface area contributed by atoms with Crippen molar-refractivity contribution in [2.24, 2.45) is 0 Å². The van der Waals surface area contributed by atoms with Crippen molar-refractivity contribution in [1.82, 2.24) is 5.32 Å². The molecule has 100 valence electrons. The van der Waals surface area contributed by atoms with Crippen molar-refractivity contribution in [3.8, 4) is 0 Å². The number of ether oxygens (including phenoxy) is 2. The van der Waals surface area contributed by atoms with Crippen LogP contribution in [0.4, 0.5) is 0 Å². The number of hydrogen-bond acceptors (Lipinski definition) is 4. The zero-order valence-corrected chi connectivity index (χ0v) is 11.2. The molecular weight excluding hydrogens is 222 g/mol. The lowest BCUT2D eigenvalue weighted by molar-refractivity contribution is -0.143. The van der Waals surface area contributed by atoms with Gasteiger partial charge in [0.1, 0.15) is 6.61 Å². The molecule has 0 aliphatic heterocycles. The molecule has 0 radical (unpaired) electrons. The maximum Gasteiger partial charge on any atom is 0.305 e. The van der Waals surface area contributed by atoms with Gasteiger partial charge in [-0.25, -0.2) is 0 Å². The molecule has 5 nitrogen and oxygen atoms in total. The first-order chi connectivity index (χ1) is 7.85. The van der Waals surface area contributed by atoms with Crippen molar-refractivity contribution < 1.29 is 19.1 Å². The normalized spacial score (nSPS) is 11.1. The van der Waals surface area contributed by atoms with Gasteiger partial charge in [-0.1, -0.05) is 0 Å². The van der Waals surface area contributed by atoms with E-state index in [4.69, 9.17) is 9.47 Å². The number of carbonyl (C=O) groups is 2. The number of nitrogens with one attached hydrogen (secondary N) is 1. The topological polar surface area (TPSA) is 64.6 Å². The Morgan fingerprint density at radius 2 is 1.88 bits per heavy atom. The van der Waals surface area contributed by atoms with Crippen LogP contribution in [0.25, 0.3) is 0 Å². The third kappa shape index (κ3) is 11.2. The van der Waals surface area contributed by atoms with Crippen LogP contribution >= 0.6 is 0 Å². The lowest BCUT2D eigenvalue weighted by atomic mass is 10.2. The van der Waals surface area contributed by atoms with E-state index in [1.165, 1.54) is 0 Å². The molecule has 0 aromatic heterocycles. The Kier molecular flexibility index (Phi) is 7.54. The van der Waals surface area contributed by atoms with E-state index >= 15 is 0 Å². The summed E-state index contributed by atoms with van der Waals surface area (Å²) in [4.78, 5) is 22.3. The van der Waals surface area contributed by atoms with E-state index in [0.717, 1.165) is 0 Å². The summed E-state index contributed by atoms with van der Waals surface area (Å²) >= 11 is 0. The Balaban J connectivity index is 3.49. The predicted octanol–water partition coefficient (Wildman–Crippen LogP) is 1.26. The van der Waals surface area contributed by atoms with Crippen molar-refractivity contribution in [1.29, 1.82) is 0 Å². The van der Waals surface area contributed by atoms with E-state index in [2.05, 4.69) is 5.32 Å². The zero-order valence-electron chi connectivity index (χ0n) is 11.2. The summed E-state index contributed by atoms with van der Waals surface area (Å²) in [6, 6.07) is 0. The van der Waals surface area contributed by atoms with Crippen LogP contribution in [0.3, 0.4) is 0 Å². The largest absolute Gasteiger partial charge is 0.466 e. The summed E-state index contributed by atoms with van der Waals surface area (Å²) in [5.74, 6) is -0.392. The van der Waals surface area contributed by atoms with E-state index in [9.17, 15) is 9.59 Å². The van der Waals surface area contributed by atoms with Gasteiger partial charge in [0, 0.05) is 13.0 Å². The molecule has 0 aromatic carbocycles. The van der Waals surface area contributed by atoms with Crippen LogP contribution in [0, 0.1) is 0 Å². The molecule has 0 saturated carbocycles. The van der Waals surface area contributed by atoms with Gasteiger partial charge in [-0.2, -0.15) is 0 Å². The van der Waals surface area contributed by atoms with Gasteiger partial charge in [0.15, 0.2) is 0 Å². The Bertz CT molecular complexity index is 245. The average molecular weight is 245 g/mol. The first-order valence-electron chi connectivity index (χ1n) is 5.91. The summed E-state index contributed by atoms with van der Waals surface area (Å²) in [5, 5.41) is 2.68. The molecule has 0 bridgehead atoms. The van der Waals surface area contributed by atoms with Gasteiger partial charge in [-0.15, -0.1) is 0 Å². The molecule has 0 saturated heterocycles. The molecule has 0 fully saturated rings. The van der Waals surface area contributed by atoms with E-state index in [1.54, 1.807) is 6.92 Å². The SMILES string of the molecule is CCOC(=O)CCCNC(=O)COC(C)(C)C. The van der Waals surface area contributed by atoms with Crippen LogP contribution in [0.5, 0.6) is 0 Å². The van der Waals surface area contributed by atoms with Crippen LogP contribution in [-0.2, 0) is 19.1 Å². The number of amides is 1. The molecule has 0 unspecified atom stereocenters. The smallest absolute Gasteiger partial charge is 0.305 e. The Morgan fingerprint density at radius 3 is 2.41 bits per heavy atom. The van der Waals surface area contributed by atoms with Crippen molar-refractivity contribution in [3.63, 3.8) is 0 Å². The predicted molar refractivity (Wildman–Crippen MR) is 64.6 cm³/mol. The zero-order chi connectivity index (χ0) is 13.3. The summed E-state index contributed by atoms with van der Waals surface area (Å²) in [6.45, 7) is 8.34. The molecule has 0 aliphatic carbocycles. The molecule has 0 rings (SSSR count). The van der Waals surface area contributed by atoms with Crippen molar-refractivity contribution in [3.05, 3.63) is 0 Å². The highest BCUT2D eigenvalue weighted by atomic mass is 16.5. The number of esters is 1. The average Bonchev–Trinajstić information content (AvgIpc) is 2.21. The fourth-order valence-corrected chi connectivity index (χ4v) is 1.03. The van der Waals surface area contributed by atoms with Gasteiger partial charge < -0.3 is 14.8 Å². The summed E-state index contributed by atoms with van der Waals surface area (Å²) < 4.78 is 10.1. The van der Waals surface area contributed by atoms with Gasteiger partial charge in [-0.3, -0.25) is 9.59 Å². The molecule has 0 heterocycles. The molecule has 1 N–H and O–H groups in total. The van der Waals surface area contributed by atoms with E-state index in [0.29, 0.717) is 26.0 Å². The molecule has 0 aliphatic rings. The highest BCUT2D eigenvalue weighted by molar-refractivity contribution is 5.77. The van der Waals surface area contributed by atoms with Crippen LogP contribution in [0.1, 0.15) is 40.5 Å². The Morgan fingerprint density at radius 1 is 1.24 bits per heavy atom. The lowest BCUT2D eigenvalue weighted by Gasteiger charge is -2.18. The number of hydrogen-bond donors (Lipinski definition) is 1. The third-order valence-corrected chi connectivity index (χ3v) is 1.82. The summed E-state index contributed by atoms with van der Waals surface area (Å²) in [6.07, 6.45) is 0.911. The molecule has 0 atom stereocenters. The monoisotopic (exact) mass is 245 g/mol. The van der Waals surface area contributed by atoms with Crippen LogP contribution < -0.4 is 5.32 Å². The molecule has 1 amide bonds. The van der Waals surface area contributed by atoms with Gasteiger partial charge in [0.2, 0.25) is 5.91 Å². The van der Waals surface area contributed by atoms with Crippen LogP contribution in [-0.4, -0.2) is 37.2 Å². The van der Waals surface area contributed by atoms with Crippen molar-refractivity contribution >= 4 is 11.9 Å². The fourth-order valence-electron chi connectivity index (χ4n) is 1.03. The third-order valence-electron chi connectivity index (χ3n) is 1.82. The second-order valence-corrected chi connectivity index (χ2v) is 4.66. The fraction of sp³-hybridized carbons (Fsp3) is 0.833. The second kappa shape index (κ2) is 8.06. The van der Waals surface area contributed by atoms with Gasteiger partial charge in [0.25, 0.3) is 0 Å². The van der Waals surface area contributed by atoms with E-state index < -0.39 is 0 Å². The lowest BCUT2D eigenvalue weighted by Crippen LogP contribution is -2.32. The van der Waals surface area contributed by atoms with Crippen molar-refractivity contribution in [2.75, 3.05) is 19.8 Å². The maximum absolute atomic E-state index is 11.3. The highest BCUT2D eigenvalue weighted by Gasteiger charge is 2.12. The van der Waals surface area contributed by atoms with Gasteiger partial charge in [-0.05, 0) is 34.1 Å². The Hall–Kier alpha value is -1.10. The standard InChI is InChI=1S/C12H23NO4/c1-5-16-11(15)7-6-8-13-10(14)9-17-12(2,3)4/h5-9H2,1-4H3,(H,13,14). The van der Waals surface area contributed by atoms with Gasteiger partial charge >= 0.3 is 5.97 Å². The van der Waals surface area contributed by atoms with Gasteiger partial charge in [0.05, 0.1) is 12.2 Å². The summed E-state index contributed by atoms with van der Waals surface area (Å²) in [7, 11) is 0. The van der Waals surface area contributed by atoms with Crippen LogP contribution in [0.15, 0.2) is 0 Å². The molecule has 0 aromatic rings. The first-order valence-corrected chi connectivity index (χ1v) is 5.91. The number of carbonyl (C=O) groups excluding carboxylic acids is 2. The minimum Gasteiger partial charge on any atom is -0.466 e. The van der Waals surface area contributed by atoms with E-state index in [1.807, 2.05) is 20.8 Å². The van der Waals surface area contributed by atoms with Crippen LogP contribution in [0.2, 0.25) is 0 Å². The molecule has 0 spiro atoms. The molecule has 5 heteroatoms. The van der Waals surface area contributed by atoms with Crippen molar-refractivity contribution in [2.45, 2.75) is 46.1 Å². The number of rotatable bonds is 7. The maximum atomic E-state index is 11.3. The summed E-state index contributed by atoms with van der Waals surface area (Å²) in [5.41, 5.74) is -0.317. The Labute approximate surface area is 103 Å². The minimum absolute atomic E-state index is 0.0446. The molecule has 17 heavy (non-hydrogen) atoms. The molecular formula is C12H23NO4.